The van der Waals surface area contributed by atoms with E-state index < -0.39 is 6.04 Å². The van der Waals surface area contributed by atoms with Gasteiger partial charge in [0.1, 0.15) is 24.1 Å². The summed E-state index contributed by atoms with van der Waals surface area (Å²) in [6.07, 6.45) is 0.493. The first-order valence-electron chi connectivity index (χ1n) is 8.10. The molecule has 2 aromatic rings. The Bertz CT molecular complexity index is 758. The molecule has 0 aliphatic carbocycles. The molecule has 2 N–H and O–H groups in total. The molecule has 0 saturated heterocycles. The van der Waals surface area contributed by atoms with Crippen LogP contribution in [0.5, 0.6) is 11.5 Å². The molecular weight excluding hydrogens is 320 g/mol. The Kier molecular flexibility index (Phi) is 5.18. The van der Waals surface area contributed by atoms with Gasteiger partial charge in [-0.25, -0.2) is 0 Å². The van der Waals surface area contributed by atoms with Gasteiger partial charge < -0.3 is 20.1 Å². The predicted octanol–water partition coefficient (Wildman–Crippen LogP) is 1.54. The Balaban J connectivity index is 1.46. The van der Waals surface area contributed by atoms with Gasteiger partial charge >= 0.3 is 0 Å². The van der Waals surface area contributed by atoms with Crippen molar-refractivity contribution in [2.45, 2.75) is 12.5 Å². The van der Waals surface area contributed by atoms with E-state index in [0.717, 1.165) is 11.3 Å². The summed E-state index contributed by atoms with van der Waals surface area (Å²) in [6, 6.07) is 14.0. The van der Waals surface area contributed by atoms with Crippen molar-refractivity contribution in [1.29, 1.82) is 0 Å². The van der Waals surface area contributed by atoms with Crippen molar-refractivity contribution >= 4 is 11.8 Å². The average Bonchev–Trinajstić information content (AvgIpc) is 2.65. The van der Waals surface area contributed by atoms with Gasteiger partial charge in [-0.2, -0.15) is 0 Å². The van der Waals surface area contributed by atoms with Gasteiger partial charge in [-0.3, -0.25) is 9.59 Å². The summed E-state index contributed by atoms with van der Waals surface area (Å²) in [6.45, 7) is 0.703. The molecule has 1 aliphatic rings. The summed E-state index contributed by atoms with van der Waals surface area (Å²) in [5.41, 5.74) is 1.52. The minimum absolute atomic E-state index is 0.207. The van der Waals surface area contributed by atoms with Gasteiger partial charge in [0.2, 0.25) is 5.91 Å². The van der Waals surface area contributed by atoms with Crippen LogP contribution in [0.25, 0.3) is 0 Å². The third kappa shape index (κ3) is 4.09. The summed E-state index contributed by atoms with van der Waals surface area (Å²) >= 11 is 0. The van der Waals surface area contributed by atoms with Crippen molar-refractivity contribution in [3.05, 3.63) is 59.7 Å². The molecule has 1 atom stereocenters. The molecule has 6 nitrogen and oxygen atoms in total. The number of hydrogen-bond acceptors (Lipinski definition) is 4. The van der Waals surface area contributed by atoms with E-state index in [0.29, 0.717) is 30.9 Å². The van der Waals surface area contributed by atoms with Crippen LogP contribution in [0.3, 0.4) is 0 Å². The lowest BCUT2D eigenvalue weighted by molar-refractivity contribution is -0.123. The van der Waals surface area contributed by atoms with Crippen LogP contribution in [0.1, 0.15) is 15.9 Å². The van der Waals surface area contributed by atoms with E-state index in [2.05, 4.69) is 10.6 Å². The van der Waals surface area contributed by atoms with Crippen LogP contribution in [0, 0.1) is 0 Å². The highest BCUT2D eigenvalue weighted by Gasteiger charge is 2.28. The van der Waals surface area contributed by atoms with Crippen molar-refractivity contribution < 1.29 is 19.1 Å². The number of carbonyl (C=O) groups is 2. The molecule has 1 unspecified atom stereocenters. The lowest BCUT2D eigenvalue weighted by Gasteiger charge is -2.24. The number of fused-ring (bicyclic) bond motifs is 1. The standard InChI is InChI=1S/C19H20N2O4/c1-24-14-6-8-15(9-7-14)25-11-10-20-19(23)17-12-13-4-2-3-5-16(13)18(22)21-17/h2-9,17H,10-12H2,1H3,(H,20,23)(H,21,22). The van der Waals surface area contributed by atoms with Gasteiger partial charge in [0.15, 0.2) is 0 Å². The zero-order valence-electron chi connectivity index (χ0n) is 14.0. The number of nitrogens with one attached hydrogen (secondary N) is 2. The van der Waals surface area contributed by atoms with E-state index in [-0.39, 0.29) is 11.8 Å². The second-order valence-corrected chi connectivity index (χ2v) is 5.70. The van der Waals surface area contributed by atoms with Gasteiger partial charge in [-0.1, -0.05) is 18.2 Å². The summed E-state index contributed by atoms with van der Waals surface area (Å²) in [5, 5.41) is 5.53. The van der Waals surface area contributed by atoms with E-state index in [1.54, 1.807) is 25.3 Å². The quantitative estimate of drug-likeness (QED) is 0.782. The first kappa shape index (κ1) is 16.8. The lowest BCUT2D eigenvalue weighted by Crippen LogP contribution is -2.51. The van der Waals surface area contributed by atoms with Crippen LogP contribution in [-0.2, 0) is 11.2 Å². The van der Waals surface area contributed by atoms with Gasteiger partial charge in [0, 0.05) is 12.0 Å². The number of rotatable bonds is 6. The van der Waals surface area contributed by atoms with E-state index in [1.165, 1.54) is 0 Å². The van der Waals surface area contributed by atoms with Crippen molar-refractivity contribution in [1.82, 2.24) is 10.6 Å². The number of hydrogen-bond donors (Lipinski definition) is 2. The van der Waals surface area contributed by atoms with Crippen LogP contribution in [-0.4, -0.2) is 38.1 Å². The zero-order chi connectivity index (χ0) is 17.6. The van der Waals surface area contributed by atoms with Crippen molar-refractivity contribution in [2.24, 2.45) is 0 Å². The highest BCUT2D eigenvalue weighted by Crippen LogP contribution is 2.17. The van der Waals surface area contributed by atoms with E-state index in [4.69, 9.17) is 9.47 Å². The average molecular weight is 340 g/mol. The molecule has 25 heavy (non-hydrogen) atoms. The van der Waals surface area contributed by atoms with E-state index >= 15 is 0 Å². The Morgan fingerprint density at radius 3 is 2.64 bits per heavy atom. The maximum atomic E-state index is 12.3. The molecule has 1 aliphatic heterocycles. The van der Waals surface area contributed by atoms with Gasteiger partial charge in [-0.15, -0.1) is 0 Å². The Morgan fingerprint density at radius 2 is 1.88 bits per heavy atom. The molecule has 130 valence electrons. The molecule has 0 fully saturated rings. The summed E-state index contributed by atoms with van der Waals surface area (Å²) in [5.74, 6) is 1.04. The minimum Gasteiger partial charge on any atom is -0.497 e. The molecular formula is C19H20N2O4. The van der Waals surface area contributed by atoms with Gasteiger partial charge in [-0.05, 0) is 35.9 Å². The maximum Gasteiger partial charge on any atom is 0.252 e. The smallest absolute Gasteiger partial charge is 0.252 e. The fraction of sp³-hybridized carbons (Fsp3) is 0.263. The second kappa shape index (κ2) is 7.70. The number of amides is 2. The van der Waals surface area contributed by atoms with Crippen molar-refractivity contribution in [2.75, 3.05) is 20.3 Å². The number of carbonyl (C=O) groups excluding carboxylic acids is 2. The fourth-order valence-electron chi connectivity index (χ4n) is 2.72. The predicted molar refractivity (Wildman–Crippen MR) is 92.9 cm³/mol. The van der Waals surface area contributed by atoms with Gasteiger partial charge in [0.05, 0.1) is 13.7 Å². The largest absolute Gasteiger partial charge is 0.497 e. The third-order valence-electron chi connectivity index (χ3n) is 4.04. The molecule has 0 spiro atoms. The molecule has 0 saturated carbocycles. The van der Waals surface area contributed by atoms with E-state index in [1.807, 2.05) is 30.3 Å². The van der Waals surface area contributed by atoms with Crippen LogP contribution >= 0.6 is 0 Å². The Morgan fingerprint density at radius 1 is 1.16 bits per heavy atom. The van der Waals surface area contributed by atoms with Crippen LogP contribution in [0.4, 0.5) is 0 Å². The first-order valence-corrected chi connectivity index (χ1v) is 8.10. The topological polar surface area (TPSA) is 76.7 Å². The number of ether oxygens (including phenoxy) is 2. The van der Waals surface area contributed by atoms with Crippen molar-refractivity contribution in [3.63, 3.8) is 0 Å². The highest BCUT2D eigenvalue weighted by molar-refractivity contribution is 6.00. The van der Waals surface area contributed by atoms with Crippen LogP contribution < -0.4 is 20.1 Å². The van der Waals surface area contributed by atoms with E-state index in [9.17, 15) is 9.59 Å². The first-order chi connectivity index (χ1) is 12.2. The molecule has 2 amide bonds. The van der Waals surface area contributed by atoms with Crippen LogP contribution in [0.15, 0.2) is 48.5 Å². The number of benzene rings is 2. The molecule has 0 aromatic heterocycles. The second-order valence-electron chi connectivity index (χ2n) is 5.70. The highest BCUT2D eigenvalue weighted by atomic mass is 16.5. The third-order valence-corrected chi connectivity index (χ3v) is 4.04. The minimum atomic E-state index is -0.552. The summed E-state index contributed by atoms with van der Waals surface area (Å²) in [4.78, 5) is 24.3. The van der Waals surface area contributed by atoms with Crippen molar-refractivity contribution in [3.8, 4) is 11.5 Å². The molecule has 3 rings (SSSR count). The Labute approximate surface area is 146 Å². The molecule has 1 heterocycles. The molecule has 2 aromatic carbocycles. The monoisotopic (exact) mass is 340 g/mol. The lowest BCUT2D eigenvalue weighted by atomic mass is 9.95. The zero-order valence-corrected chi connectivity index (χ0v) is 14.0. The Hall–Kier alpha value is -3.02. The normalized spacial score (nSPS) is 15.7. The summed E-state index contributed by atoms with van der Waals surface area (Å²) in [7, 11) is 1.60. The SMILES string of the molecule is COc1ccc(OCCNC(=O)C2Cc3ccccc3C(=O)N2)cc1. The molecule has 0 bridgehead atoms. The molecule has 0 radical (unpaired) electrons. The molecule has 6 heteroatoms. The van der Waals surface area contributed by atoms with Gasteiger partial charge in [0.25, 0.3) is 5.91 Å². The maximum absolute atomic E-state index is 12.3. The fourth-order valence-corrected chi connectivity index (χ4v) is 2.72. The van der Waals surface area contributed by atoms with Crippen LogP contribution in [0.2, 0.25) is 0 Å². The summed E-state index contributed by atoms with van der Waals surface area (Å²) < 4.78 is 10.6. The number of methoxy groups -OCH3 is 1.